The Bertz CT molecular complexity index is 1010. The van der Waals surface area contributed by atoms with Crippen LogP contribution in [-0.2, 0) is 14.3 Å². The van der Waals surface area contributed by atoms with E-state index < -0.39 is 18.0 Å². The minimum absolute atomic E-state index is 0.263. The van der Waals surface area contributed by atoms with E-state index in [2.05, 4.69) is 10.3 Å². The fourth-order valence-corrected chi connectivity index (χ4v) is 2.55. The molecule has 0 spiro atoms. The maximum Gasteiger partial charge on any atom is 0.331 e. The second kappa shape index (κ2) is 8.58. The van der Waals surface area contributed by atoms with Crippen LogP contribution in [0.2, 0.25) is 5.02 Å². The maximum atomic E-state index is 12.3. The Kier molecular flexibility index (Phi) is 5.96. The summed E-state index contributed by atoms with van der Waals surface area (Å²) in [4.78, 5) is 28.5. The number of oxazole rings is 1. The number of hydrogen-bond acceptors (Lipinski definition) is 6. The van der Waals surface area contributed by atoms with E-state index in [-0.39, 0.29) is 5.89 Å². The van der Waals surface area contributed by atoms with E-state index in [1.807, 2.05) is 12.1 Å². The predicted octanol–water partition coefficient (Wildman–Crippen LogP) is 4.07. The fourth-order valence-electron chi connectivity index (χ4n) is 2.38. The lowest BCUT2D eigenvalue weighted by Gasteiger charge is -2.14. The summed E-state index contributed by atoms with van der Waals surface area (Å²) in [5, 5.41) is 3.05. The molecule has 3 rings (SSSR count). The van der Waals surface area contributed by atoms with Gasteiger partial charge in [-0.3, -0.25) is 4.79 Å². The molecule has 3 aromatic rings. The topological polar surface area (TPSA) is 90.7 Å². The molecule has 0 aliphatic carbocycles. The normalized spacial score (nSPS) is 12.1. The van der Waals surface area contributed by atoms with Gasteiger partial charge < -0.3 is 19.2 Å². The lowest BCUT2D eigenvalue weighted by molar-refractivity contribution is -0.148. The van der Waals surface area contributed by atoms with Crippen molar-refractivity contribution in [3.63, 3.8) is 0 Å². The van der Waals surface area contributed by atoms with Crippen LogP contribution in [0.4, 0.5) is 5.69 Å². The van der Waals surface area contributed by atoms with E-state index in [1.165, 1.54) is 20.1 Å². The Balaban J connectivity index is 1.60. The summed E-state index contributed by atoms with van der Waals surface area (Å²) in [5.74, 6) is -0.529. The number of carbonyl (C=O) groups is 2. The lowest BCUT2D eigenvalue weighted by atomic mass is 10.2. The van der Waals surface area contributed by atoms with Crippen molar-refractivity contribution in [2.24, 2.45) is 0 Å². The first-order valence-electron chi connectivity index (χ1n) is 8.35. The number of anilines is 1. The average Bonchev–Trinajstić information content (AvgIpc) is 3.09. The van der Waals surface area contributed by atoms with Crippen LogP contribution in [0, 0.1) is 0 Å². The Morgan fingerprint density at radius 3 is 2.79 bits per heavy atom. The number of nitrogens with zero attached hydrogens (tertiary/aromatic N) is 1. The van der Waals surface area contributed by atoms with Gasteiger partial charge in [0.1, 0.15) is 11.3 Å². The largest absolute Gasteiger partial charge is 0.495 e. The molecule has 0 radical (unpaired) electrons. The number of amides is 1. The molecule has 1 aromatic heterocycles. The third-order valence-electron chi connectivity index (χ3n) is 3.75. The molecule has 0 saturated heterocycles. The third-order valence-corrected chi connectivity index (χ3v) is 3.99. The quantitative estimate of drug-likeness (QED) is 0.495. The maximum absolute atomic E-state index is 12.3. The van der Waals surface area contributed by atoms with Crippen molar-refractivity contribution >= 4 is 46.3 Å². The minimum Gasteiger partial charge on any atom is -0.495 e. The van der Waals surface area contributed by atoms with Gasteiger partial charge in [0.05, 0.1) is 12.8 Å². The fraction of sp³-hybridized carbons (Fsp3) is 0.150. The van der Waals surface area contributed by atoms with Crippen molar-refractivity contribution in [3.05, 3.63) is 59.5 Å². The number of ether oxygens (including phenoxy) is 2. The minimum atomic E-state index is -1.04. The number of hydrogen-bond donors (Lipinski definition) is 1. The van der Waals surface area contributed by atoms with Crippen LogP contribution in [0.3, 0.4) is 0 Å². The third kappa shape index (κ3) is 4.69. The molecule has 1 atom stereocenters. The van der Waals surface area contributed by atoms with E-state index in [1.54, 1.807) is 30.3 Å². The van der Waals surface area contributed by atoms with E-state index >= 15 is 0 Å². The molecule has 0 unspecified atom stereocenters. The molecule has 0 aliphatic rings. The SMILES string of the molecule is COc1ccc(Cl)cc1NC(=O)[C@@H](C)OC(=O)/C=C/c1nc2ccccc2o1. The zero-order valence-electron chi connectivity index (χ0n) is 15.1. The highest BCUT2D eigenvalue weighted by molar-refractivity contribution is 6.31. The molecule has 0 fully saturated rings. The van der Waals surface area contributed by atoms with Crippen molar-refractivity contribution in [1.82, 2.24) is 4.98 Å². The molecule has 1 heterocycles. The number of methoxy groups -OCH3 is 1. The van der Waals surface area contributed by atoms with Crippen molar-refractivity contribution in [1.29, 1.82) is 0 Å². The molecule has 0 aliphatic heterocycles. The number of rotatable bonds is 6. The summed E-state index contributed by atoms with van der Waals surface area (Å²) >= 11 is 5.93. The van der Waals surface area contributed by atoms with Crippen LogP contribution >= 0.6 is 11.6 Å². The number of nitrogens with one attached hydrogen (secondary N) is 1. The molecule has 1 N–H and O–H groups in total. The van der Waals surface area contributed by atoms with Gasteiger partial charge in [-0.2, -0.15) is 0 Å². The highest BCUT2D eigenvalue weighted by atomic mass is 35.5. The van der Waals surface area contributed by atoms with Crippen LogP contribution in [0.1, 0.15) is 12.8 Å². The molecule has 144 valence electrons. The first kappa shape index (κ1) is 19.4. The second-order valence-electron chi connectivity index (χ2n) is 5.77. The zero-order valence-corrected chi connectivity index (χ0v) is 15.9. The van der Waals surface area contributed by atoms with Gasteiger partial charge in [0, 0.05) is 17.2 Å². The number of halogens is 1. The highest BCUT2D eigenvalue weighted by Gasteiger charge is 2.18. The number of esters is 1. The number of para-hydroxylation sites is 2. The van der Waals surface area contributed by atoms with E-state index in [4.69, 9.17) is 25.5 Å². The van der Waals surface area contributed by atoms with Gasteiger partial charge >= 0.3 is 5.97 Å². The molecule has 2 aromatic carbocycles. The molecular weight excluding hydrogens is 384 g/mol. The molecule has 0 saturated carbocycles. The van der Waals surface area contributed by atoms with Crippen molar-refractivity contribution in [3.8, 4) is 5.75 Å². The second-order valence-corrected chi connectivity index (χ2v) is 6.20. The first-order chi connectivity index (χ1) is 13.5. The van der Waals surface area contributed by atoms with E-state index in [9.17, 15) is 9.59 Å². The van der Waals surface area contributed by atoms with Crippen molar-refractivity contribution < 1.29 is 23.5 Å². The predicted molar refractivity (Wildman–Crippen MR) is 105 cm³/mol. The lowest BCUT2D eigenvalue weighted by Crippen LogP contribution is -2.29. The molecule has 7 nitrogen and oxygen atoms in total. The molecule has 8 heteroatoms. The summed E-state index contributed by atoms with van der Waals surface area (Å²) in [6.07, 6.45) is 1.49. The number of benzene rings is 2. The van der Waals surface area contributed by atoms with Gasteiger partial charge in [0.2, 0.25) is 5.89 Å². The first-order valence-corrected chi connectivity index (χ1v) is 8.72. The summed E-state index contributed by atoms with van der Waals surface area (Å²) < 4.78 is 15.7. The number of aromatic nitrogens is 1. The summed E-state index contributed by atoms with van der Waals surface area (Å²) in [6, 6.07) is 12.0. The van der Waals surface area contributed by atoms with Gasteiger partial charge in [-0.05, 0) is 37.3 Å². The van der Waals surface area contributed by atoms with E-state index in [0.717, 1.165) is 6.08 Å². The molecule has 0 bridgehead atoms. The zero-order chi connectivity index (χ0) is 20.1. The Hall–Kier alpha value is -3.32. The van der Waals surface area contributed by atoms with Gasteiger partial charge in [-0.25, -0.2) is 9.78 Å². The van der Waals surface area contributed by atoms with Crippen molar-refractivity contribution in [2.75, 3.05) is 12.4 Å². The van der Waals surface area contributed by atoms with Gasteiger partial charge in [0.15, 0.2) is 11.7 Å². The molecule has 1 amide bonds. The summed E-state index contributed by atoms with van der Waals surface area (Å²) in [7, 11) is 1.47. The smallest absolute Gasteiger partial charge is 0.331 e. The molecule has 28 heavy (non-hydrogen) atoms. The van der Waals surface area contributed by atoms with Gasteiger partial charge in [0.25, 0.3) is 5.91 Å². The average molecular weight is 401 g/mol. The van der Waals surface area contributed by atoms with Crippen LogP contribution < -0.4 is 10.1 Å². The Labute approximate surface area is 165 Å². The van der Waals surface area contributed by atoms with Crippen LogP contribution in [-0.4, -0.2) is 30.1 Å². The Morgan fingerprint density at radius 1 is 1.25 bits per heavy atom. The standard InChI is InChI=1S/C20H17ClN2O5/c1-12(20(25)23-15-11-13(21)7-8-16(15)26-2)27-19(24)10-9-18-22-14-5-3-4-6-17(14)28-18/h3-12H,1-2H3,(H,23,25)/b10-9+/t12-/m1/s1. The van der Waals surface area contributed by atoms with Gasteiger partial charge in [-0.15, -0.1) is 0 Å². The number of carbonyl (C=O) groups excluding carboxylic acids is 2. The highest BCUT2D eigenvalue weighted by Crippen LogP contribution is 2.27. The summed E-state index contributed by atoms with van der Waals surface area (Å²) in [6.45, 7) is 1.46. The van der Waals surface area contributed by atoms with Crippen LogP contribution in [0.5, 0.6) is 5.75 Å². The van der Waals surface area contributed by atoms with E-state index in [0.29, 0.717) is 27.6 Å². The van der Waals surface area contributed by atoms with Crippen LogP contribution in [0.25, 0.3) is 17.2 Å². The van der Waals surface area contributed by atoms with Crippen LogP contribution in [0.15, 0.2) is 53.0 Å². The molecular formula is C20H17ClN2O5. The summed E-state index contributed by atoms with van der Waals surface area (Å²) in [5.41, 5.74) is 1.67. The number of fused-ring (bicyclic) bond motifs is 1. The monoisotopic (exact) mass is 400 g/mol. The van der Waals surface area contributed by atoms with Crippen molar-refractivity contribution in [2.45, 2.75) is 13.0 Å². The Morgan fingerprint density at radius 2 is 2.04 bits per heavy atom. The van der Waals surface area contributed by atoms with Gasteiger partial charge in [-0.1, -0.05) is 23.7 Å².